The Hall–Kier alpha value is -2.26. The van der Waals surface area contributed by atoms with Gasteiger partial charge in [0.1, 0.15) is 5.75 Å². The van der Waals surface area contributed by atoms with Crippen molar-refractivity contribution in [2.24, 2.45) is 0 Å². The number of nitrogens with one attached hydrogen (secondary N) is 2. The third kappa shape index (κ3) is 3.46. The fourth-order valence-corrected chi connectivity index (χ4v) is 3.06. The van der Waals surface area contributed by atoms with E-state index in [1.807, 2.05) is 0 Å². The molecule has 1 aromatic carbocycles. The van der Waals surface area contributed by atoms with Crippen LogP contribution < -0.4 is 10.1 Å². The molecule has 10 heteroatoms. The van der Waals surface area contributed by atoms with Gasteiger partial charge in [-0.3, -0.25) is 14.8 Å². The maximum absolute atomic E-state index is 12.0. The number of thioether (sulfide) groups is 1. The summed E-state index contributed by atoms with van der Waals surface area (Å²) in [6.07, 6.45) is 0. The standard InChI is InChI=1S/C14H14ClN5O3S/c1-23-10-3-2-8(15)6-9(10)12-17-13(19-18-12)24-7-11(21)20-5-4-16-14(20)22/h2-3,6H,4-5,7H2,1H3,(H,16,22)(H,17,18,19). The smallest absolute Gasteiger partial charge is 0.324 e. The number of rotatable bonds is 5. The molecule has 1 aromatic heterocycles. The molecule has 3 amide bonds. The molecule has 0 aliphatic carbocycles. The van der Waals surface area contributed by atoms with E-state index in [0.29, 0.717) is 40.4 Å². The first-order valence-corrected chi connectivity index (χ1v) is 8.42. The van der Waals surface area contributed by atoms with Crippen LogP contribution in [0.2, 0.25) is 5.02 Å². The predicted octanol–water partition coefficient (Wildman–Crippen LogP) is 1.78. The Morgan fingerprint density at radius 3 is 3.04 bits per heavy atom. The molecule has 3 rings (SSSR count). The average molecular weight is 368 g/mol. The van der Waals surface area contributed by atoms with Crippen LogP contribution in [0, 0.1) is 0 Å². The highest BCUT2D eigenvalue weighted by molar-refractivity contribution is 7.99. The molecule has 1 fully saturated rings. The highest BCUT2D eigenvalue weighted by Gasteiger charge is 2.26. The zero-order valence-corrected chi connectivity index (χ0v) is 14.3. The van der Waals surface area contributed by atoms with Crippen molar-refractivity contribution in [1.82, 2.24) is 25.4 Å². The van der Waals surface area contributed by atoms with Crippen molar-refractivity contribution in [2.75, 3.05) is 26.0 Å². The van der Waals surface area contributed by atoms with E-state index in [4.69, 9.17) is 16.3 Å². The number of halogens is 1. The number of benzene rings is 1. The molecule has 0 bridgehead atoms. The number of H-pyrrole nitrogens is 1. The minimum atomic E-state index is -0.361. The summed E-state index contributed by atoms with van der Waals surface area (Å²) in [6, 6.07) is 4.81. The number of nitrogens with zero attached hydrogens (tertiary/aromatic N) is 3. The largest absolute Gasteiger partial charge is 0.496 e. The van der Waals surface area contributed by atoms with E-state index in [1.54, 1.807) is 25.3 Å². The topological polar surface area (TPSA) is 100 Å². The summed E-state index contributed by atoms with van der Waals surface area (Å²) in [7, 11) is 1.55. The molecule has 0 unspecified atom stereocenters. The number of imide groups is 1. The van der Waals surface area contributed by atoms with Crippen molar-refractivity contribution in [1.29, 1.82) is 0 Å². The monoisotopic (exact) mass is 367 g/mol. The molecule has 1 aliphatic heterocycles. The first-order valence-electron chi connectivity index (χ1n) is 7.06. The van der Waals surface area contributed by atoms with Gasteiger partial charge >= 0.3 is 6.03 Å². The van der Waals surface area contributed by atoms with Crippen molar-refractivity contribution >= 4 is 35.3 Å². The van der Waals surface area contributed by atoms with Gasteiger partial charge in [-0.15, -0.1) is 5.10 Å². The zero-order valence-electron chi connectivity index (χ0n) is 12.7. The lowest BCUT2D eigenvalue weighted by Gasteiger charge is -2.10. The number of urea groups is 1. The highest BCUT2D eigenvalue weighted by Crippen LogP contribution is 2.31. The molecule has 126 valence electrons. The van der Waals surface area contributed by atoms with E-state index < -0.39 is 0 Å². The molecule has 0 radical (unpaired) electrons. The van der Waals surface area contributed by atoms with Crippen molar-refractivity contribution < 1.29 is 14.3 Å². The van der Waals surface area contributed by atoms with Gasteiger partial charge < -0.3 is 10.1 Å². The lowest BCUT2D eigenvalue weighted by Crippen LogP contribution is -2.35. The molecular weight excluding hydrogens is 354 g/mol. The number of ether oxygens (including phenoxy) is 1. The molecule has 0 spiro atoms. The Kier molecular flexibility index (Phi) is 4.91. The van der Waals surface area contributed by atoms with Gasteiger partial charge in [0.2, 0.25) is 11.1 Å². The fraction of sp³-hybridized carbons (Fsp3) is 0.286. The van der Waals surface area contributed by atoms with E-state index >= 15 is 0 Å². The van der Waals surface area contributed by atoms with Crippen molar-refractivity contribution in [3.05, 3.63) is 23.2 Å². The predicted molar refractivity (Wildman–Crippen MR) is 89.2 cm³/mol. The Bertz CT molecular complexity index is 782. The van der Waals surface area contributed by atoms with Crippen LogP contribution in [0.3, 0.4) is 0 Å². The van der Waals surface area contributed by atoms with Crippen LogP contribution in [-0.2, 0) is 4.79 Å². The van der Waals surface area contributed by atoms with Gasteiger partial charge in [-0.25, -0.2) is 9.78 Å². The van der Waals surface area contributed by atoms with Crippen LogP contribution in [-0.4, -0.2) is 58.0 Å². The van der Waals surface area contributed by atoms with Crippen LogP contribution in [0.4, 0.5) is 4.79 Å². The quantitative estimate of drug-likeness (QED) is 0.781. The summed E-state index contributed by atoms with van der Waals surface area (Å²) in [4.78, 5) is 28.9. The number of carbonyl (C=O) groups excluding carboxylic acids is 2. The van der Waals surface area contributed by atoms with Gasteiger partial charge in [-0.1, -0.05) is 23.4 Å². The minimum absolute atomic E-state index is 0.0807. The number of amides is 3. The number of aromatic nitrogens is 3. The third-order valence-electron chi connectivity index (χ3n) is 3.36. The summed E-state index contributed by atoms with van der Waals surface area (Å²) in [5, 5.41) is 10.4. The molecule has 1 aliphatic rings. The van der Waals surface area contributed by atoms with Crippen LogP contribution in [0.1, 0.15) is 0 Å². The summed E-state index contributed by atoms with van der Waals surface area (Å²) < 4.78 is 5.28. The van der Waals surface area contributed by atoms with Crippen LogP contribution in [0.15, 0.2) is 23.4 Å². The van der Waals surface area contributed by atoms with E-state index in [1.165, 1.54) is 4.90 Å². The van der Waals surface area contributed by atoms with Crippen molar-refractivity contribution in [3.63, 3.8) is 0 Å². The second-order valence-electron chi connectivity index (χ2n) is 4.88. The number of carbonyl (C=O) groups is 2. The van der Waals surface area contributed by atoms with E-state index in [2.05, 4.69) is 20.5 Å². The normalized spacial score (nSPS) is 13.9. The third-order valence-corrected chi connectivity index (χ3v) is 4.43. The maximum Gasteiger partial charge on any atom is 0.324 e. The average Bonchev–Trinajstić information content (AvgIpc) is 3.21. The lowest BCUT2D eigenvalue weighted by atomic mass is 10.2. The number of aromatic amines is 1. The SMILES string of the molecule is COc1ccc(Cl)cc1-c1nc(SCC(=O)N2CCNC2=O)n[nH]1. The Morgan fingerprint density at radius 2 is 2.33 bits per heavy atom. The summed E-state index contributed by atoms with van der Waals surface area (Å²) in [5.74, 6) is 0.902. The van der Waals surface area contributed by atoms with Crippen molar-refractivity contribution in [2.45, 2.75) is 5.16 Å². The van der Waals surface area contributed by atoms with Gasteiger partial charge in [0.15, 0.2) is 5.82 Å². The first kappa shape index (κ1) is 16.6. The molecule has 2 heterocycles. The van der Waals surface area contributed by atoms with E-state index in [-0.39, 0.29) is 17.7 Å². The fourth-order valence-electron chi connectivity index (χ4n) is 2.21. The van der Waals surface area contributed by atoms with Gasteiger partial charge in [0.25, 0.3) is 0 Å². The summed E-state index contributed by atoms with van der Waals surface area (Å²) in [6.45, 7) is 0.867. The number of hydrogen-bond donors (Lipinski definition) is 2. The van der Waals surface area contributed by atoms with Gasteiger partial charge in [-0.05, 0) is 18.2 Å². The molecule has 2 aromatic rings. The van der Waals surface area contributed by atoms with Crippen molar-refractivity contribution in [3.8, 4) is 17.1 Å². The maximum atomic E-state index is 12.0. The van der Waals surface area contributed by atoms with Crippen LogP contribution in [0.5, 0.6) is 5.75 Å². The second kappa shape index (κ2) is 7.10. The van der Waals surface area contributed by atoms with Gasteiger partial charge in [0.05, 0.1) is 18.4 Å². The minimum Gasteiger partial charge on any atom is -0.496 e. The van der Waals surface area contributed by atoms with Crippen LogP contribution in [0.25, 0.3) is 11.4 Å². The summed E-state index contributed by atoms with van der Waals surface area (Å²) >= 11 is 7.16. The zero-order chi connectivity index (χ0) is 17.1. The molecule has 0 saturated carbocycles. The second-order valence-corrected chi connectivity index (χ2v) is 6.26. The van der Waals surface area contributed by atoms with Gasteiger partial charge in [0, 0.05) is 18.1 Å². The Morgan fingerprint density at radius 1 is 1.50 bits per heavy atom. The van der Waals surface area contributed by atoms with Gasteiger partial charge in [-0.2, -0.15) is 0 Å². The number of methoxy groups -OCH3 is 1. The lowest BCUT2D eigenvalue weighted by molar-refractivity contribution is -0.124. The molecule has 24 heavy (non-hydrogen) atoms. The molecule has 0 atom stereocenters. The van der Waals surface area contributed by atoms with E-state index in [9.17, 15) is 9.59 Å². The number of hydrogen-bond acceptors (Lipinski definition) is 6. The molecule has 1 saturated heterocycles. The molecule has 2 N–H and O–H groups in total. The summed E-state index contributed by atoms with van der Waals surface area (Å²) in [5.41, 5.74) is 0.676. The molecular formula is C14H14ClN5O3S. The van der Waals surface area contributed by atoms with E-state index in [0.717, 1.165) is 11.8 Å². The Balaban J connectivity index is 1.69. The first-order chi connectivity index (χ1) is 11.6. The van der Waals surface area contributed by atoms with Crippen LogP contribution >= 0.6 is 23.4 Å². The molecule has 8 nitrogen and oxygen atoms in total. The highest BCUT2D eigenvalue weighted by atomic mass is 35.5. The Labute approximate surface area is 146 Å².